The number of aryl methyl sites for hydroxylation is 1. The summed E-state index contributed by atoms with van der Waals surface area (Å²) in [6.07, 6.45) is 9.60. The lowest BCUT2D eigenvalue weighted by Gasteiger charge is -2.38. The van der Waals surface area contributed by atoms with Crippen LogP contribution in [0.4, 0.5) is 4.79 Å². The Bertz CT molecular complexity index is 4210. The number of aliphatic hydroxyl groups is 1. The van der Waals surface area contributed by atoms with Crippen molar-refractivity contribution < 1.29 is 24.1 Å². The van der Waals surface area contributed by atoms with Crippen LogP contribution in [0, 0.1) is 36.5 Å². The number of piperidine rings is 1. The van der Waals surface area contributed by atoms with Crippen LogP contribution in [-0.2, 0) is 60.6 Å². The van der Waals surface area contributed by atoms with Crippen molar-refractivity contribution in [3.05, 3.63) is 269 Å². The molecule has 9 aromatic rings. The summed E-state index contributed by atoms with van der Waals surface area (Å²) in [6.45, 7) is 67.9. The minimum Gasteiger partial charge on any atom is -0.496 e. The quantitative estimate of drug-likeness (QED) is 0.174. The van der Waals surface area contributed by atoms with Crippen LogP contribution in [0.1, 0.15) is 274 Å². The first-order chi connectivity index (χ1) is 52.6. The average Bonchev–Trinajstić information content (AvgIpc) is 0.801. The second-order valence-electron chi connectivity index (χ2n) is 39.1. The molecule has 2 aliphatic heterocycles. The Kier molecular flexibility index (Phi) is 40.9. The number of halogens is 4. The van der Waals surface area contributed by atoms with Crippen LogP contribution in [-0.4, -0.2) is 64.5 Å². The van der Waals surface area contributed by atoms with Gasteiger partial charge in [-0.1, -0.05) is 371 Å². The number of benzene rings is 6. The summed E-state index contributed by atoms with van der Waals surface area (Å²) in [5.74, 6) is 2.55. The van der Waals surface area contributed by atoms with Crippen LogP contribution in [0.5, 0.6) is 5.75 Å². The van der Waals surface area contributed by atoms with Crippen molar-refractivity contribution in [3.8, 4) is 5.75 Å². The number of carbonyl (C=O) groups excluding carboxylic acids is 1. The van der Waals surface area contributed by atoms with Crippen LogP contribution in [0.2, 0.25) is 15.2 Å². The number of pyridine rings is 3. The molecule has 626 valence electrons. The number of fused-ring (bicyclic) bond motifs is 1. The molecule has 0 spiro atoms. The number of amides is 1. The first-order valence-electron chi connectivity index (χ1n) is 40.6. The van der Waals surface area contributed by atoms with Gasteiger partial charge in [0.2, 0.25) is 0 Å². The zero-order valence-electron chi connectivity index (χ0n) is 75.5. The molecule has 5 heterocycles. The number of likely N-dealkylation sites (tertiary alicyclic amines) is 1. The molecule has 9 nitrogen and oxygen atoms in total. The molecule has 2 saturated heterocycles. The van der Waals surface area contributed by atoms with Crippen molar-refractivity contribution in [1.82, 2.24) is 19.9 Å². The third-order valence-corrected chi connectivity index (χ3v) is 21.6. The van der Waals surface area contributed by atoms with Crippen molar-refractivity contribution in [2.45, 2.75) is 278 Å². The molecule has 0 saturated carbocycles. The van der Waals surface area contributed by atoms with Gasteiger partial charge in [-0.2, -0.15) is 0 Å². The molecule has 1 amide bonds. The fourth-order valence-corrected chi connectivity index (χ4v) is 15.4. The molecule has 0 aliphatic carbocycles. The lowest BCUT2D eigenvalue weighted by atomic mass is 9.75. The highest BCUT2D eigenvalue weighted by Crippen LogP contribution is 2.38. The van der Waals surface area contributed by atoms with E-state index >= 15 is 0 Å². The van der Waals surface area contributed by atoms with Crippen molar-refractivity contribution in [3.63, 3.8) is 0 Å². The molecule has 0 radical (unpaired) electrons. The van der Waals surface area contributed by atoms with Crippen LogP contribution in [0.3, 0.4) is 0 Å². The van der Waals surface area contributed by atoms with Gasteiger partial charge in [-0.05, 0) is 187 Å². The largest absolute Gasteiger partial charge is 0.496 e. The number of rotatable bonds is 4. The second kappa shape index (κ2) is 45.9. The summed E-state index contributed by atoms with van der Waals surface area (Å²) in [6, 6.07) is 57.1. The van der Waals surface area contributed by atoms with E-state index in [4.69, 9.17) is 54.1 Å². The van der Waals surface area contributed by atoms with Gasteiger partial charge in [0.05, 0.1) is 29.3 Å². The molecule has 2 aliphatic rings. The van der Waals surface area contributed by atoms with Crippen molar-refractivity contribution >= 4 is 67.7 Å². The number of hydrogen-bond acceptors (Lipinski definition) is 8. The Hall–Kier alpha value is -6.63. The number of nitrogens with zero attached hydrogens (tertiary/aromatic N) is 4. The maximum absolute atomic E-state index is 12.0. The molecule has 1 N–H and O–H groups in total. The van der Waals surface area contributed by atoms with E-state index in [1.165, 1.54) is 61.6 Å². The van der Waals surface area contributed by atoms with Gasteiger partial charge in [-0.15, -0.1) is 0 Å². The van der Waals surface area contributed by atoms with Gasteiger partial charge in [0.15, 0.2) is 0 Å². The topological polar surface area (TPSA) is 107 Å². The molecule has 0 unspecified atom stereocenters. The Morgan fingerprint density at radius 3 is 1.37 bits per heavy atom. The van der Waals surface area contributed by atoms with E-state index in [1.54, 1.807) is 25.6 Å². The minimum atomic E-state index is -0.179. The predicted molar refractivity (Wildman–Crippen MR) is 495 cm³/mol. The maximum atomic E-state index is 12.0. The summed E-state index contributed by atoms with van der Waals surface area (Å²) < 4.78 is 17.1. The van der Waals surface area contributed by atoms with Crippen molar-refractivity contribution in [2.24, 2.45) is 22.7 Å². The van der Waals surface area contributed by atoms with E-state index < -0.39 is 0 Å². The van der Waals surface area contributed by atoms with Gasteiger partial charge < -0.3 is 24.2 Å². The Morgan fingerprint density at radius 1 is 0.491 bits per heavy atom. The summed E-state index contributed by atoms with van der Waals surface area (Å²) in [4.78, 5) is 26.3. The Labute approximate surface area is 715 Å². The Balaban J connectivity index is 0.000000335. The molecule has 11 rings (SSSR count). The molecular formula is C101H144BrCl3N4O5. The summed E-state index contributed by atoms with van der Waals surface area (Å²) in [5, 5.41) is 12.2. The average molecular weight is 1680 g/mol. The van der Waals surface area contributed by atoms with Crippen LogP contribution >= 0.6 is 50.7 Å². The lowest BCUT2D eigenvalue weighted by molar-refractivity contribution is 0.0286. The van der Waals surface area contributed by atoms with E-state index in [9.17, 15) is 4.79 Å². The molecule has 3 aromatic heterocycles. The highest BCUT2D eigenvalue weighted by atomic mass is 79.9. The number of carbonyl (C=O) groups is 1. The molecule has 0 bridgehead atoms. The van der Waals surface area contributed by atoms with Gasteiger partial charge in [0.25, 0.3) is 0 Å². The molecule has 6 aromatic carbocycles. The number of aromatic nitrogens is 3. The number of hydrogen-bond donors (Lipinski definition) is 1. The number of ether oxygens (including phenoxy) is 3. The molecule has 13 heteroatoms. The van der Waals surface area contributed by atoms with Gasteiger partial charge in [0, 0.05) is 65.9 Å². The van der Waals surface area contributed by atoms with Crippen molar-refractivity contribution in [1.29, 1.82) is 0 Å². The van der Waals surface area contributed by atoms with Crippen LogP contribution < -0.4 is 4.74 Å². The zero-order chi connectivity index (χ0) is 86.4. The number of aliphatic hydroxyl groups excluding tert-OH is 1. The number of methoxy groups -OCH3 is 1. The third kappa shape index (κ3) is 36.1. The van der Waals surface area contributed by atoms with E-state index in [-0.39, 0.29) is 50.6 Å². The Morgan fingerprint density at radius 2 is 0.947 bits per heavy atom. The van der Waals surface area contributed by atoms with Gasteiger partial charge in [-0.3, -0.25) is 9.97 Å². The first kappa shape index (κ1) is 102. The van der Waals surface area contributed by atoms with Crippen LogP contribution in [0.15, 0.2) is 193 Å². The van der Waals surface area contributed by atoms with Gasteiger partial charge in [0.1, 0.15) is 17.5 Å². The lowest BCUT2D eigenvalue weighted by Crippen LogP contribution is -2.41. The van der Waals surface area contributed by atoms with E-state index in [0.29, 0.717) is 38.6 Å². The number of para-hydroxylation sites is 2. The standard InChI is InChI=1S/C17H25NO2.C13H15N.C12H18O.C11H16O.C11H16.C10H13Br.C9H11Cl2N.C9H12ClN.C9H18O/c1-17(2,3)15-9-11-18(12-10-15)16(19)20-13-14-7-5-4-6-8-14;1-13(2,3)11-8-9-14-12-7-5-4-6-10(11)12;1-9-10(8-13)6-5-7-11(9)12(2,3)4;1-11(2,3)9-7-5-6-8-10(9)12-4;1-9-7-5-6-8-10(9)11(2,3)4;1-10(2,3)8-6-4-5-7-9(8)11;1-9(2,3)8-6(10)4-12-5-7(8)11;1-9(2,3)7-5-4-6-8(10)11-7;1-9(2,3)8-4-6-10-7-5-8/h4-8,15H,9-13H2,1-3H3;4-9H,1-3H3;5-7,13H,8H2,1-4H3;5-8H,1-4H3;5-8H,1-4H3;4-7H,1-3H3;4-5H,1-3H3;4-6H,1-3H3;8H,4-7H2,1-3H3. The van der Waals surface area contributed by atoms with Crippen molar-refractivity contribution in [2.75, 3.05) is 33.4 Å². The first-order valence-corrected chi connectivity index (χ1v) is 42.5. The summed E-state index contributed by atoms with van der Waals surface area (Å²) >= 11 is 21.2. The smallest absolute Gasteiger partial charge is 0.410 e. The van der Waals surface area contributed by atoms with E-state index in [0.717, 1.165) is 78.7 Å². The summed E-state index contributed by atoms with van der Waals surface area (Å²) in [7, 11) is 1.71. The molecule has 2 fully saturated rings. The highest BCUT2D eigenvalue weighted by molar-refractivity contribution is 9.10. The fourth-order valence-electron chi connectivity index (χ4n) is 13.4. The monoisotopic (exact) mass is 1680 g/mol. The normalized spacial score (nSPS) is 13.6. The third-order valence-electron chi connectivity index (χ3n) is 20.1. The second-order valence-corrected chi connectivity index (χ2v) is 41.2. The van der Waals surface area contributed by atoms with Crippen LogP contribution in [0.25, 0.3) is 10.9 Å². The summed E-state index contributed by atoms with van der Waals surface area (Å²) in [5.41, 5.74) is 16.4. The van der Waals surface area contributed by atoms with E-state index in [2.05, 4.69) is 311 Å². The predicted octanol–water partition coefficient (Wildman–Crippen LogP) is 29.6. The minimum absolute atomic E-state index is 0.0306. The zero-order valence-corrected chi connectivity index (χ0v) is 79.4. The maximum Gasteiger partial charge on any atom is 0.410 e. The highest BCUT2D eigenvalue weighted by Gasteiger charge is 2.32. The molecule has 114 heavy (non-hydrogen) atoms. The van der Waals surface area contributed by atoms with Gasteiger partial charge in [-0.25, -0.2) is 9.78 Å². The van der Waals surface area contributed by atoms with Gasteiger partial charge >= 0.3 is 6.09 Å². The van der Waals surface area contributed by atoms with E-state index in [1.807, 2.05) is 96.0 Å². The molecular weight excluding hydrogens is 1540 g/mol. The molecule has 0 atom stereocenters. The fraction of sp³-hybridized carbons (Fsp3) is 0.505. The SMILES string of the molecule is CC(C)(C)C1CCN(C(=O)OCc2ccccc2)CC1.CC(C)(C)C1CCOCC1.CC(C)(C)c1c(Cl)cncc1Cl.CC(C)(C)c1cccc(Cl)n1.CC(C)(C)c1ccccc1Br.CC(C)(C)c1ccnc2ccccc12.COc1ccccc1C(C)(C)C.Cc1c(CO)cccc1C(C)(C)C.Cc1ccccc1C(C)(C)C.